The highest BCUT2D eigenvalue weighted by molar-refractivity contribution is 5.75. The van der Waals surface area contributed by atoms with E-state index in [4.69, 9.17) is 5.48 Å². The van der Waals surface area contributed by atoms with Gasteiger partial charge in [-0.25, -0.2) is 0 Å². The number of ketones is 1. The Balaban J connectivity index is 4.77. The second kappa shape index (κ2) is 7.50. The summed E-state index contributed by atoms with van der Waals surface area (Å²) >= 11 is 0. The van der Waals surface area contributed by atoms with Crippen LogP contribution in [0, 0.1) is 0 Å². The van der Waals surface area contributed by atoms with Crippen molar-refractivity contribution in [2.45, 2.75) is 26.7 Å². The quantitative estimate of drug-likeness (QED) is 0.578. The van der Waals surface area contributed by atoms with Crippen LogP contribution in [-0.2, 0) is 14.3 Å². The Morgan fingerprint density at radius 3 is 2.43 bits per heavy atom. The van der Waals surface area contributed by atoms with Crippen LogP contribution >= 0.6 is 0 Å². The summed E-state index contributed by atoms with van der Waals surface area (Å²) in [7, 11) is 1.20. The minimum atomic E-state index is -2.22. The third kappa shape index (κ3) is 7.73. The maximum absolute atomic E-state index is 11.2. The maximum Gasteiger partial charge on any atom is 0.307 e. The molecule has 0 aromatic carbocycles. The van der Waals surface area contributed by atoms with Crippen molar-refractivity contribution in [1.82, 2.24) is 4.90 Å². The molecule has 14 heavy (non-hydrogen) atoms. The van der Waals surface area contributed by atoms with E-state index in [2.05, 4.69) is 4.74 Å². The van der Waals surface area contributed by atoms with Gasteiger partial charge in [0, 0.05) is 24.9 Å². The second-order valence-electron chi connectivity index (χ2n) is 2.74. The van der Waals surface area contributed by atoms with E-state index in [1.54, 1.807) is 6.92 Å². The molecular formula is C10H19NO3. The summed E-state index contributed by atoms with van der Waals surface area (Å²) in [6.45, 7) is -1.40. The molecule has 0 amide bonds. The molecule has 0 saturated carbocycles. The van der Waals surface area contributed by atoms with Crippen LogP contribution < -0.4 is 0 Å². The fourth-order valence-electron chi connectivity index (χ4n) is 0.681. The van der Waals surface area contributed by atoms with Gasteiger partial charge in [0.2, 0.25) is 0 Å². The van der Waals surface area contributed by atoms with Gasteiger partial charge in [-0.05, 0) is 20.9 Å². The van der Waals surface area contributed by atoms with Gasteiger partial charge in [0.25, 0.3) is 0 Å². The number of hydrogen-bond donors (Lipinski definition) is 0. The molecule has 0 aromatic heterocycles. The summed E-state index contributed by atoms with van der Waals surface area (Å²) in [5.41, 5.74) is 0. The predicted molar refractivity (Wildman–Crippen MR) is 54.0 cm³/mol. The Hall–Kier alpha value is -0.900. The smallest absolute Gasteiger partial charge is 0.307 e. The minimum absolute atomic E-state index is 0.138. The Labute approximate surface area is 90.8 Å². The average Bonchev–Trinajstić information content (AvgIpc) is 2.13. The molecule has 0 spiro atoms. The first-order valence-electron chi connectivity index (χ1n) is 6.42. The molecule has 4 heteroatoms. The molecule has 82 valence electrons. The van der Waals surface area contributed by atoms with Gasteiger partial charge in [0.05, 0.1) is 13.0 Å². The molecule has 0 aromatic rings. The fourth-order valence-corrected chi connectivity index (χ4v) is 0.681. The highest BCUT2D eigenvalue weighted by atomic mass is 16.5. The lowest BCUT2D eigenvalue weighted by molar-refractivity contribution is -0.143. The van der Waals surface area contributed by atoms with Crippen LogP contribution in [0.4, 0.5) is 0 Å². The lowest BCUT2D eigenvalue weighted by atomic mass is 10.3. The number of carbonyl (C=O) groups excluding carboxylic acids is 2. The lowest BCUT2D eigenvalue weighted by Crippen LogP contribution is -2.24. The van der Waals surface area contributed by atoms with E-state index < -0.39 is 37.6 Å². The SMILES string of the molecule is [2H]C([2H])(CC(C)=O)N(C)C([2H])([2H])CC(=O)OCC. The largest absolute Gasteiger partial charge is 0.466 e. The van der Waals surface area contributed by atoms with E-state index in [1.165, 1.54) is 14.0 Å². The van der Waals surface area contributed by atoms with E-state index in [1.807, 2.05) is 0 Å². The number of esters is 1. The molecule has 0 aliphatic heterocycles. The molecular weight excluding hydrogens is 182 g/mol. The van der Waals surface area contributed by atoms with E-state index in [9.17, 15) is 9.59 Å². The number of Topliss-reactive ketones (excluding diaryl/α,β-unsaturated/α-hetero) is 1. The van der Waals surface area contributed by atoms with Gasteiger partial charge in [-0.1, -0.05) is 0 Å². The van der Waals surface area contributed by atoms with Crippen molar-refractivity contribution in [2.24, 2.45) is 0 Å². The molecule has 0 rings (SSSR count). The monoisotopic (exact) mass is 205 g/mol. The van der Waals surface area contributed by atoms with Crippen molar-refractivity contribution >= 4 is 11.8 Å². The summed E-state index contributed by atoms with van der Waals surface area (Å²) in [5.74, 6) is -1.13. The second-order valence-corrected chi connectivity index (χ2v) is 2.74. The Morgan fingerprint density at radius 2 is 1.93 bits per heavy atom. The number of hydrogen-bond acceptors (Lipinski definition) is 4. The highest BCUT2D eigenvalue weighted by Crippen LogP contribution is 1.93. The molecule has 0 unspecified atom stereocenters. The molecule has 0 radical (unpaired) electrons. The van der Waals surface area contributed by atoms with Gasteiger partial charge < -0.3 is 9.64 Å². The van der Waals surface area contributed by atoms with Crippen LogP contribution in [-0.4, -0.2) is 43.3 Å². The first-order chi connectivity index (χ1) is 8.03. The molecule has 4 nitrogen and oxygen atoms in total. The fraction of sp³-hybridized carbons (Fsp3) is 0.800. The molecule has 0 fully saturated rings. The van der Waals surface area contributed by atoms with Crippen LogP contribution in [0.5, 0.6) is 0 Å². The van der Waals surface area contributed by atoms with Gasteiger partial charge in [-0.2, -0.15) is 0 Å². The third-order valence-corrected chi connectivity index (χ3v) is 1.33. The molecule has 0 heterocycles. The molecule has 0 N–H and O–H groups in total. The normalized spacial score (nSPS) is 16.6. The zero-order chi connectivity index (χ0) is 14.6. The molecule has 0 atom stereocenters. The van der Waals surface area contributed by atoms with Crippen LogP contribution in [0.15, 0.2) is 0 Å². The molecule has 0 aliphatic rings. The number of rotatable bonds is 7. The van der Waals surface area contributed by atoms with Crippen LogP contribution in [0.2, 0.25) is 0 Å². The first-order valence-corrected chi connectivity index (χ1v) is 4.42. The van der Waals surface area contributed by atoms with Gasteiger partial charge in [0.15, 0.2) is 0 Å². The summed E-state index contributed by atoms with van der Waals surface area (Å²) in [6, 6.07) is 0. The third-order valence-electron chi connectivity index (χ3n) is 1.33. The van der Waals surface area contributed by atoms with E-state index >= 15 is 0 Å². The van der Waals surface area contributed by atoms with Crippen molar-refractivity contribution in [3.63, 3.8) is 0 Å². The van der Waals surface area contributed by atoms with Gasteiger partial charge >= 0.3 is 5.97 Å². The Bertz CT molecular complexity index is 320. The van der Waals surface area contributed by atoms with Gasteiger partial charge in [0.1, 0.15) is 5.78 Å². The van der Waals surface area contributed by atoms with Gasteiger partial charge in [-0.15, -0.1) is 0 Å². The van der Waals surface area contributed by atoms with Crippen molar-refractivity contribution < 1.29 is 19.8 Å². The predicted octanol–water partition coefficient (Wildman–Crippen LogP) is 0.850. The summed E-state index contributed by atoms with van der Waals surface area (Å²) in [5, 5.41) is 0. The summed E-state index contributed by atoms with van der Waals surface area (Å²) < 4.78 is 35.3. The topological polar surface area (TPSA) is 46.6 Å². The number of nitrogens with zero attached hydrogens (tertiary/aromatic N) is 1. The summed E-state index contributed by atoms with van der Waals surface area (Å²) in [6.07, 6.45) is -1.03. The van der Waals surface area contributed by atoms with E-state index in [-0.39, 0.29) is 6.61 Å². The lowest BCUT2D eigenvalue weighted by Gasteiger charge is -2.14. The highest BCUT2D eigenvalue weighted by Gasteiger charge is 2.05. The van der Waals surface area contributed by atoms with E-state index in [0.717, 1.165) is 4.90 Å². The molecule has 0 aliphatic carbocycles. The molecule has 0 bridgehead atoms. The van der Waals surface area contributed by atoms with Crippen molar-refractivity contribution in [1.29, 1.82) is 0 Å². The van der Waals surface area contributed by atoms with Crippen LogP contribution in [0.1, 0.15) is 32.2 Å². The maximum atomic E-state index is 11.2. The molecule has 0 saturated heterocycles. The minimum Gasteiger partial charge on any atom is -0.466 e. The first kappa shape index (κ1) is 7.40. The van der Waals surface area contributed by atoms with Crippen molar-refractivity contribution in [3.05, 3.63) is 0 Å². The standard InChI is InChI=1S/C10H19NO3/c1-4-14-10(13)6-8-11(3)7-5-9(2)12/h4-8H2,1-3H3/i7D2,8D2. The van der Waals surface area contributed by atoms with Crippen molar-refractivity contribution in [3.8, 4) is 0 Å². The number of ether oxygens (including phenoxy) is 1. The average molecular weight is 205 g/mol. The van der Waals surface area contributed by atoms with Crippen LogP contribution in [0.25, 0.3) is 0 Å². The zero-order valence-electron chi connectivity index (χ0n) is 12.8. The Morgan fingerprint density at radius 1 is 1.36 bits per heavy atom. The van der Waals surface area contributed by atoms with E-state index in [0.29, 0.717) is 0 Å². The van der Waals surface area contributed by atoms with Gasteiger partial charge in [-0.3, -0.25) is 9.59 Å². The Kier molecular flexibility index (Phi) is 3.96. The zero-order valence-corrected chi connectivity index (χ0v) is 8.79. The van der Waals surface area contributed by atoms with Crippen LogP contribution in [0.3, 0.4) is 0 Å². The number of carbonyl (C=O) groups is 2. The summed E-state index contributed by atoms with van der Waals surface area (Å²) in [4.78, 5) is 22.9. The van der Waals surface area contributed by atoms with Crippen molar-refractivity contribution in [2.75, 3.05) is 26.6 Å².